The van der Waals surface area contributed by atoms with Gasteiger partial charge in [-0.15, -0.1) is 0 Å². The molecule has 0 aromatic heterocycles. The number of fused-ring (bicyclic) bond motifs is 4. The largest absolute Gasteiger partial charge is 0.356 e. The molecule has 2 heteroatoms. The number of benzene rings is 7. The van der Waals surface area contributed by atoms with Gasteiger partial charge >= 0.3 is 0 Å². The summed E-state index contributed by atoms with van der Waals surface area (Å²) in [6.45, 7) is 4.52. The number of anilines is 2. The normalized spacial score (nSPS) is 12.7. The summed E-state index contributed by atoms with van der Waals surface area (Å²) in [5.41, 5.74) is 14.9. The van der Waals surface area contributed by atoms with E-state index in [1.54, 1.807) is 0 Å². The Morgan fingerprint density at radius 3 is 1.85 bits per heavy atom. The zero-order valence-corrected chi connectivity index (χ0v) is 25.9. The first kappa shape index (κ1) is 27.6. The highest BCUT2D eigenvalue weighted by Crippen LogP contribution is 2.50. The molecule has 0 fully saturated rings. The molecule has 0 saturated heterocycles. The van der Waals surface area contributed by atoms with E-state index < -0.39 is 0 Å². The highest BCUT2D eigenvalue weighted by Gasteiger charge is 2.35. The summed E-state index contributed by atoms with van der Waals surface area (Å²) in [5.74, 6) is 0. The minimum atomic E-state index is -0.167. The summed E-state index contributed by atoms with van der Waals surface area (Å²) in [5, 5.41) is 15.5. The maximum Gasteiger partial charge on any atom is 0.0991 e. The highest BCUT2D eigenvalue weighted by molar-refractivity contribution is 6.04. The maximum atomic E-state index is 9.50. The van der Waals surface area contributed by atoms with E-state index in [0.29, 0.717) is 5.56 Å². The molecule has 8 rings (SSSR count). The first-order chi connectivity index (χ1) is 22.5. The average Bonchev–Trinajstić information content (AvgIpc) is 3.33. The van der Waals surface area contributed by atoms with Gasteiger partial charge in [-0.05, 0) is 109 Å². The zero-order chi connectivity index (χ0) is 31.3. The van der Waals surface area contributed by atoms with Crippen LogP contribution in [0.5, 0.6) is 0 Å². The quantitative estimate of drug-likeness (QED) is 0.217. The third-order valence-electron chi connectivity index (χ3n) is 9.50. The van der Waals surface area contributed by atoms with E-state index in [1.807, 2.05) is 24.3 Å². The molecule has 0 heterocycles. The van der Waals surface area contributed by atoms with Crippen molar-refractivity contribution in [2.24, 2.45) is 0 Å². The van der Waals surface area contributed by atoms with Crippen LogP contribution in [0.1, 0.15) is 30.5 Å². The van der Waals surface area contributed by atoms with Crippen molar-refractivity contribution in [1.29, 1.82) is 5.26 Å². The molecule has 2 nitrogen and oxygen atoms in total. The number of hydrogen-bond acceptors (Lipinski definition) is 2. The average molecular weight is 589 g/mol. The van der Waals surface area contributed by atoms with Crippen LogP contribution in [0.25, 0.3) is 55.3 Å². The van der Waals surface area contributed by atoms with Crippen LogP contribution in [0.3, 0.4) is 0 Å². The number of rotatable bonds is 5. The Labute approximate surface area is 270 Å². The number of nitrogens with zero attached hydrogens (tertiary/aromatic N) is 1. The van der Waals surface area contributed by atoms with Crippen molar-refractivity contribution in [3.63, 3.8) is 0 Å². The van der Waals surface area contributed by atoms with E-state index in [2.05, 4.69) is 153 Å². The molecule has 1 aliphatic rings. The van der Waals surface area contributed by atoms with Crippen molar-refractivity contribution in [2.45, 2.75) is 19.3 Å². The van der Waals surface area contributed by atoms with E-state index in [9.17, 15) is 5.26 Å². The lowest BCUT2D eigenvalue weighted by Gasteiger charge is -2.22. The van der Waals surface area contributed by atoms with Crippen LogP contribution in [-0.4, -0.2) is 0 Å². The van der Waals surface area contributed by atoms with Crippen LogP contribution < -0.4 is 5.32 Å². The molecule has 0 bridgehead atoms. The minimum absolute atomic E-state index is 0.167. The second kappa shape index (κ2) is 10.9. The Kier molecular flexibility index (Phi) is 6.55. The second-order valence-corrected chi connectivity index (χ2v) is 12.6. The van der Waals surface area contributed by atoms with E-state index in [4.69, 9.17) is 0 Å². The first-order valence-electron chi connectivity index (χ1n) is 15.7. The molecule has 7 aromatic rings. The van der Waals surface area contributed by atoms with Crippen molar-refractivity contribution >= 4 is 22.1 Å². The predicted octanol–water partition coefficient (Wildman–Crippen LogP) is 11.8. The molecule has 46 heavy (non-hydrogen) atoms. The molecule has 0 radical (unpaired) electrons. The van der Waals surface area contributed by atoms with Gasteiger partial charge in [-0.1, -0.05) is 123 Å². The summed E-state index contributed by atoms with van der Waals surface area (Å²) in [7, 11) is 0. The Morgan fingerprint density at radius 1 is 0.500 bits per heavy atom. The summed E-state index contributed by atoms with van der Waals surface area (Å²) in [6, 6.07) is 56.3. The van der Waals surface area contributed by atoms with Crippen LogP contribution in [0.2, 0.25) is 0 Å². The molecule has 0 saturated carbocycles. The van der Waals surface area contributed by atoms with Crippen LogP contribution >= 0.6 is 0 Å². The monoisotopic (exact) mass is 588 g/mol. The minimum Gasteiger partial charge on any atom is -0.356 e. The molecule has 7 aromatic carbocycles. The molecule has 0 atom stereocenters. The Hall–Kier alpha value is -5.91. The van der Waals surface area contributed by atoms with Gasteiger partial charge in [0.05, 0.1) is 11.6 Å². The van der Waals surface area contributed by atoms with Gasteiger partial charge in [-0.25, -0.2) is 0 Å². The van der Waals surface area contributed by atoms with E-state index in [-0.39, 0.29) is 5.41 Å². The summed E-state index contributed by atoms with van der Waals surface area (Å²) in [4.78, 5) is 0. The van der Waals surface area contributed by atoms with Crippen LogP contribution in [0.4, 0.5) is 11.4 Å². The van der Waals surface area contributed by atoms with Gasteiger partial charge < -0.3 is 5.32 Å². The molecular weight excluding hydrogens is 556 g/mol. The van der Waals surface area contributed by atoms with Crippen LogP contribution in [-0.2, 0) is 5.41 Å². The van der Waals surface area contributed by atoms with E-state index in [1.165, 1.54) is 66.4 Å². The number of para-hydroxylation sites is 1. The fraction of sp³-hybridized carbons (Fsp3) is 0.0682. The fourth-order valence-electron chi connectivity index (χ4n) is 7.06. The van der Waals surface area contributed by atoms with Gasteiger partial charge in [-0.3, -0.25) is 0 Å². The summed E-state index contributed by atoms with van der Waals surface area (Å²) < 4.78 is 0. The van der Waals surface area contributed by atoms with Crippen molar-refractivity contribution in [3.05, 3.63) is 168 Å². The third-order valence-corrected chi connectivity index (χ3v) is 9.50. The summed E-state index contributed by atoms with van der Waals surface area (Å²) in [6.07, 6.45) is 0. The lowest BCUT2D eigenvalue weighted by atomic mass is 9.81. The number of nitriles is 1. The Bertz CT molecular complexity index is 2290. The standard InChI is InChI=1S/C44H32N2/c1-44(2)41-26-29(28-45)12-23-39(41)40-25-20-34(27-42(40)44)30-13-15-32(16-14-30)38-24-19-31-8-6-7-11-37(31)43(38)33-17-21-36(22-18-33)46-35-9-4-3-5-10-35/h3-27,46H,1-2H3. The molecule has 218 valence electrons. The van der Waals surface area contributed by atoms with Crippen molar-refractivity contribution in [1.82, 2.24) is 0 Å². The Morgan fingerprint density at radius 2 is 1.09 bits per heavy atom. The van der Waals surface area contributed by atoms with Crippen molar-refractivity contribution in [3.8, 4) is 50.6 Å². The topological polar surface area (TPSA) is 35.8 Å². The van der Waals surface area contributed by atoms with E-state index >= 15 is 0 Å². The van der Waals surface area contributed by atoms with E-state index in [0.717, 1.165) is 11.4 Å². The van der Waals surface area contributed by atoms with Crippen molar-refractivity contribution < 1.29 is 0 Å². The lowest BCUT2D eigenvalue weighted by Crippen LogP contribution is -2.15. The molecule has 0 amide bonds. The van der Waals surface area contributed by atoms with Crippen LogP contribution in [0.15, 0.2) is 152 Å². The fourth-order valence-corrected chi connectivity index (χ4v) is 7.06. The molecule has 1 N–H and O–H groups in total. The molecule has 0 spiro atoms. The SMILES string of the molecule is CC1(C)c2cc(C#N)ccc2-c2ccc(-c3ccc(-c4ccc5ccccc5c4-c4ccc(Nc5ccccc5)cc4)cc3)cc21. The third kappa shape index (κ3) is 4.66. The zero-order valence-electron chi connectivity index (χ0n) is 25.9. The van der Waals surface area contributed by atoms with Gasteiger partial charge in [0, 0.05) is 16.8 Å². The number of nitrogens with one attached hydrogen (secondary N) is 1. The smallest absolute Gasteiger partial charge is 0.0991 e. The highest BCUT2D eigenvalue weighted by atomic mass is 14.9. The van der Waals surface area contributed by atoms with Gasteiger partial charge in [0.25, 0.3) is 0 Å². The molecular formula is C44H32N2. The molecule has 1 aliphatic carbocycles. The van der Waals surface area contributed by atoms with Gasteiger partial charge in [0.15, 0.2) is 0 Å². The number of hydrogen-bond donors (Lipinski definition) is 1. The molecule has 0 aliphatic heterocycles. The van der Waals surface area contributed by atoms with Gasteiger partial charge in [0.1, 0.15) is 0 Å². The second-order valence-electron chi connectivity index (χ2n) is 12.6. The predicted molar refractivity (Wildman–Crippen MR) is 192 cm³/mol. The summed E-state index contributed by atoms with van der Waals surface area (Å²) >= 11 is 0. The lowest BCUT2D eigenvalue weighted by molar-refractivity contribution is 0.660. The van der Waals surface area contributed by atoms with Gasteiger partial charge in [-0.2, -0.15) is 5.26 Å². The van der Waals surface area contributed by atoms with Crippen molar-refractivity contribution in [2.75, 3.05) is 5.32 Å². The van der Waals surface area contributed by atoms with Gasteiger partial charge in [0.2, 0.25) is 0 Å². The Balaban J connectivity index is 1.15. The van der Waals surface area contributed by atoms with Crippen LogP contribution in [0, 0.1) is 11.3 Å². The molecule has 0 unspecified atom stereocenters. The first-order valence-corrected chi connectivity index (χ1v) is 15.7. The maximum absolute atomic E-state index is 9.50.